The van der Waals surface area contributed by atoms with Crippen molar-refractivity contribution in [1.82, 2.24) is 4.90 Å². The molecule has 90 valence electrons. The highest BCUT2D eigenvalue weighted by Crippen LogP contribution is 2.19. The van der Waals surface area contributed by atoms with Crippen molar-refractivity contribution in [2.75, 3.05) is 13.1 Å². The lowest BCUT2D eigenvalue weighted by molar-refractivity contribution is -0.135. The van der Waals surface area contributed by atoms with Gasteiger partial charge < -0.3 is 10.6 Å². The molecule has 1 atom stereocenters. The van der Waals surface area contributed by atoms with E-state index in [1.165, 1.54) is 0 Å². The fraction of sp³-hybridized carbons (Fsp3) is 0.917. The summed E-state index contributed by atoms with van der Waals surface area (Å²) in [5, 5.41) is 0. The molecule has 0 unspecified atom stereocenters. The molecule has 3 nitrogen and oxygen atoms in total. The van der Waals surface area contributed by atoms with E-state index in [4.69, 9.17) is 5.73 Å². The summed E-state index contributed by atoms with van der Waals surface area (Å²) in [7, 11) is 0. The maximum absolute atomic E-state index is 12.1. The van der Waals surface area contributed by atoms with Crippen molar-refractivity contribution >= 4 is 5.91 Å². The van der Waals surface area contributed by atoms with Crippen LogP contribution in [-0.2, 0) is 4.79 Å². The number of nitrogens with zero attached hydrogens (tertiary/aromatic N) is 1. The Bertz CT molecular complexity index is 190. The van der Waals surface area contributed by atoms with Crippen molar-refractivity contribution in [3.05, 3.63) is 0 Å². The van der Waals surface area contributed by atoms with E-state index >= 15 is 0 Å². The van der Waals surface area contributed by atoms with Crippen molar-refractivity contribution < 1.29 is 4.79 Å². The molecular weight excluding hydrogens is 188 g/mol. The van der Waals surface area contributed by atoms with Gasteiger partial charge in [-0.05, 0) is 18.3 Å². The number of carbonyl (C=O) groups excluding carboxylic acids is 1. The highest BCUT2D eigenvalue weighted by Gasteiger charge is 2.30. The minimum atomic E-state index is -0.393. The molecule has 0 heterocycles. The Kier molecular flexibility index (Phi) is 5.88. The van der Waals surface area contributed by atoms with E-state index in [1.54, 1.807) is 0 Å². The molecule has 0 radical (unpaired) electrons. The molecule has 0 aliphatic carbocycles. The van der Waals surface area contributed by atoms with Crippen LogP contribution >= 0.6 is 0 Å². The van der Waals surface area contributed by atoms with Crippen molar-refractivity contribution in [1.29, 1.82) is 0 Å². The molecule has 0 aromatic heterocycles. The van der Waals surface area contributed by atoms with E-state index in [-0.39, 0.29) is 11.3 Å². The van der Waals surface area contributed by atoms with Gasteiger partial charge in [0.25, 0.3) is 0 Å². The van der Waals surface area contributed by atoms with Gasteiger partial charge in [-0.25, -0.2) is 0 Å². The number of carbonyl (C=O) groups is 1. The standard InChI is InChI=1S/C12H26N2O/c1-6-8-14(9-7-2)11(15)10(13)12(3,4)5/h10H,6-9,13H2,1-5H3/t10-/m0/s1. The van der Waals surface area contributed by atoms with Crippen LogP contribution in [-0.4, -0.2) is 29.9 Å². The first-order chi connectivity index (χ1) is 6.84. The minimum Gasteiger partial charge on any atom is -0.341 e. The van der Waals surface area contributed by atoms with Gasteiger partial charge in [0.2, 0.25) is 5.91 Å². The van der Waals surface area contributed by atoms with Crippen LogP contribution in [0.15, 0.2) is 0 Å². The molecule has 0 saturated heterocycles. The maximum atomic E-state index is 12.1. The Hall–Kier alpha value is -0.570. The van der Waals surface area contributed by atoms with Crippen LogP contribution in [0.1, 0.15) is 47.5 Å². The van der Waals surface area contributed by atoms with Crippen molar-refractivity contribution in [3.8, 4) is 0 Å². The largest absolute Gasteiger partial charge is 0.341 e. The lowest BCUT2D eigenvalue weighted by atomic mass is 9.86. The topological polar surface area (TPSA) is 46.3 Å². The summed E-state index contributed by atoms with van der Waals surface area (Å²) in [6.07, 6.45) is 1.98. The molecular formula is C12H26N2O. The first-order valence-electron chi connectivity index (χ1n) is 5.89. The summed E-state index contributed by atoms with van der Waals surface area (Å²) in [5.41, 5.74) is 5.81. The smallest absolute Gasteiger partial charge is 0.240 e. The molecule has 0 aliphatic heterocycles. The molecule has 15 heavy (non-hydrogen) atoms. The van der Waals surface area contributed by atoms with Gasteiger partial charge in [-0.1, -0.05) is 34.6 Å². The molecule has 1 amide bonds. The normalized spacial score (nSPS) is 13.7. The van der Waals surface area contributed by atoms with E-state index in [2.05, 4.69) is 13.8 Å². The van der Waals surface area contributed by atoms with E-state index in [0.717, 1.165) is 25.9 Å². The third-order valence-electron chi connectivity index (χ3n) is 2.50. The zero-order valence-electron chi connectivity index (χ0n) is 10.8. The quantitative estimate of drug-likeness (QED) is 0.761. The highest BCUT2D eigenvalue weighted by atomic mass is 16.2. The van der Waals surface area contributed by atoms with E-state index in [1.807, 2.05) is 25.7 Å². The first kappa shape index (κ1) is 14.4. The van der Waals surface area contributed by atoms with Gasteiger partial charge in [-0.2, -0.15) is 0 Å². The van der Waals surface area contributed by atoms with Gasteiger partial charge in [-0.3, -0.25) is 4.79 Å². The summed E-state index contributed by atoms with van der Waals surface area (Å²) in [6.45, 7) is 11.8. The average molecular weight is 214 g/mol. The van der Waals surface area contributed by atoms with Gasteiger partial charge in [0.1, 0.15) is 0 Å². The molecule has 0 aromatic rings. The van der Waals surface area contributed by atoms with Crippen molar-refractivity contribution in [2.24, 2.45) is 11.1 Å². The van der Waals surface area contributed by atoms with Gasteiger partial charge in [0, 0.05) is 13.1 Å². The molecule has 0 rings (SSSR count). The van der Waals surface area contributed by atoms with E-state index < -0.39 is 6.04 Å². The summed E-state index contributed by atoms with van der Waals surface area (Å²) in [6, 6.07) is -0.393. The Labute approximate surface area is 94.0 Å². The summed E-state index contributed by atoms with van der Waals surface area (Å²) in [4.78, 5) is 14.0. The van der Waals surface area contributed by atoms with Gasteiger partial charge >= 0.3 is 0 Å². The predicted octanol–water partition coefficient (Wildman–Crippen LogP) is 2.01. The highest BCUT2D eigenvalue weighted by molar-refractivity contribution is 5.82. The SMILES string of the molecule is CCCN(CCC)C(=O)[C@H](N)C(C)(C)C. The van der Waals surface area contributed by atoms with E-state index in [9.17, 15) is 4.79 Å². The van der Waals surface area contributed by atoms with Crippen LogP contribution in [0.2, 0.25) is 0 Å². The second-order valence-electron chi connectivity index (χ2n) is 5.17. The number of nitrogens with two attached hydrogens (primary N) is 1. The fourth-order valence-electron chi connectivity index (χ4n) is 1.44. The van der Waals surface area contributed by atoms with Gasteiger partial charge in [0.15, 0.2) is 0 Å². The number of amides is 1. The Balaban J connectivity index is 4.48. The third kappa shape index (κ3) is 4.65. The zero-order valence-corrected chi connectivity index (χ0v) is 10.8. The Morgan fingerprint density at radius 3 is 1.87 bits per heavy atom. The van der Waals surface area contributed by atoms with Crippen LogP contribution in [0.25, 0.3) is 0 Å². The second kappa shape index (κ2) is 6.11. The molecule has 0 aromatic carbocycles. The summed E-state index contributed by atoms with van der Waals surface area (Å²) < 4.78 is 0. The average Bonchev–Trinajstić information content (AvgIpc) is 2.14. The van der Waals surface area contributed by atoms with Crippen LogP contribution in [0.5, 0.6) is 0 Å². The molecule has 0 spiro atoms. The first-order valence-corrected chi connectivity index (χ1v) is 5.89. The predicted molar refractivity (Wildman–Crippen MR) is 64.6 cm³/mol. The number of rotatable bonds is 5. The van der Waals surface area contributed by atoms with Crippen molar-refractivity contribution in [3.63, 3.8) is 0 Å². The zero-order chi connectivity index (χ0) is 12.1. The number of hydrogen-bond acceptors (Lipinski definition) is 2. The van der Waals surface area contributed by atoms with Crippen LogP contribution in [0.3, 0.4) is 0 Å². The second-order valence-corrected chi connectivity index (χ2v) is 5.17. The van der Waals surface area contributed by atoms with Crippen LogP contribution in [0.4, 0.5) is 0 Å². The van der Waals surface area contributed by atoms with E-state index in [0.29, 0.717) is 0 Å². The molecule has 2 N–H and O–H groups in total. The lowest BCUT2D eigenvalue weighted by Gasteiger charge is -2.31. The van der Waals surface area contributed by atoms with Crippen LogP contribution < -0.4 is 5.73 Å². The Morgan fingerprint density at radius 2 is 1.60 bits per heavy atom. The molecule has 0 saturated carbocycles. The van der Waals surface area contributed by atoms with Gasteiger partial charge in [0.05, 0.1) is 6.04 Å². The number of hydrogen-bond donors (Lipinski definition) is 1. The minimum absolute atomic E-state index is 0.0891. The molecule has 0 fully saturated rings. The molecule has 0 aliphatic rings. The third-order valence-corrected chi connectivity index (χ3v) is 2.50. The molecule has 0 bridgehead atoms. The summed E-state index contributed by atoms with van der Waals surface area (Å²) in [5.74, 6) is 0.0891. The Morgan fingerprint density at radius 1 is 1.20 bits per heavy atom. The van der Waals surface area contributed by atoms with Gasteiger partial charge in [-0.15, -0.1) is 0 Å². The maximum Gasteiger partial charge on any atom is 0.240 e. The molecule has 3 heteroatoms. The lowest BCUT2D eigenvalue weighted by Crippen LogP contribution is -2.50. The van der Waals surface area contributed by atoms with Crippen LogP contribution in [0, 0.1) is 5.41 Å². The monoisotopic (exact) mass is 214 g/mol. The summed E-state index contributed by atoms with van der Waals surface area (Å²) >= 11 is 0. The van der Waals surface area contributed by atoms with Crippen molar-refractivity contribution in [2.45, 2.75) is 53.5 Å². The fourth-order valence-corrected chi connectivity index (χ4v) is 1.44.